The number of aliphatic hydroxyl groups is 1. The second kappa shape index (κ2) is 5.33. The molecule has 1 aromatic carbocycles. The summed E-state index contributed by atoms with van der Waals surface area (Å²) in [4.78, 5) is 0.0788. The Balaban J connectivity index is 2.37. The van der Waals surface area contributed by atoms with Crippen molar-refractivity contribution in [3.8, 4) is 0 Å². The van der Waals surface area contributed by atoms with Gasteiger partial charge in [-0.15, -0.1) is 0 Å². The average molecular weight is 369 g/mol. The molecule has 1 aromatic rings. The number of nitrogens with zero attached hydrogens (tertiary/aromatic N) is 1. The molecule has 2 rings (SSSR count). The van der Waals surface area contributed by atoms with Gasteiger partial charge in [-0.2, -0.15) is 4.31 Å². The lowest BCUT2D eigenvalue weighted by molar-refractivity contribution is 0.00940. The molecule has 7 heteroatoms. The zero-order valence-corrected chi connectivity index (χ0v) is 13.6. The standard InChI is InChI=1S/C12H15BrClNO3S/c1-12(16)5-2-6-15(8-12)19(17,18)11-4-3-9(13)7-10(11)14/h3-4,7,16H,2,5-6,8H2,1H3. The number of β-amino-alcohol motifs (C(OH)–C–C–N with tert-alkyl or cyclic N) is 1. The first-order chi connectivity index (χ1) is 8.72. The van der Waals surface area contributed by atoms with E-state index in [0.717, 1.165) is 4.47 Å². The molecule has 0 spiro atoms. The predicted octanol–water partition coefficient (Wildman–Crippen LogP) is 2.64. The Bertz CT molecular complexity index is 589. The van der Waals surface area contributed by atoms with Crippen LogP contribution in [0.5, 0.6) is 0 Å². The zero-order valence-electron chi connectivity index (χ0n) is 10.4. The van der Waals surface area contributed by atoms with E-state index in [4.69, 9.17) is 11.6 Å². The summed E-state index contributed by atoms with van der Waals surface area (Å²) in [6, 6.07) is 4.67. The van der Waals surface area contributed by atoms with Crippen LogP contribution in [0, 0.1) is 0 Å². The van der Waals surface area contributed by atoms with Crippen LogP contribution >= 0.6 is 27.5 Å². The summed E-state index contributed by atoms with van der Waals surface area (Å²) in [5.41, 5.74) is -0.979. The fraction of sp³-hybridized carbons (Fsp3) is 0.500. The number of piperidine rings is 1. The SMILES string of the molecule is CC1(O)CCCN(S(=O)(=O)c2ccc(Br)cc2Cl)C1. The molecule has 4 nitrogen and oxygen atoms in total. The third kappa shape index (κ3) is 3.31. The molecular weight excluding hydrogens is 354 g/mol. The van der Waals surface area contributed by atoms with Crippen molar-refractivity contribution in [3.63, 3.8) is 0 Å². The summed E-state index contributed by atoms with van der Waals surface area (Å²) in [7, 11) is -3.66. The van der Waals surface area contributed by atoms with Gasteiger partial charge in [-0.25, -0.2) is 8.42 Å². The van der Waals surface area contributed by atoms with Crippen LogP contribution < -0.4 is 0 Å². The molecule has 1 saturated heterocycles. The second-order valence-electron chi connectivity index (χ2n) is 5.01. The molecule has 19 heavy (non-hydrogen) atoms. The van der Waals surface area contributed by atoms with Crippen molar-refractivity contribution in [1.82, 2.24) is 4.31 Å². The molecule has 1 N–H and O–H groups in total. The maximum absolute atomic E-state index is 12.5. The third-order valence-corrected chi connectivity index (χ3v) is 5.97. The largest absolute Gasteiger partial charge is 0.389 e. The van der Waals surface area contributed by atoms with E-state index in [0.29, 0.717) is 19.4 Å². The normalized spacial score (nSPS) is 25.5. The number of benzene rings is 1. The minimum atomic E-state index is -3.66. The van der Waals surface area contributed by atoms with Crippen LogP contribution in [0.2, 0.25) is 5.02 Å². The van der Waals surface area contributed by atoms with Gasteiger partial charge in [0.25, 0.3) is 0 Å². The predicted molar refractivity (Wildman–Crippen MR) is 77.8 cm³/mol. The van der Waals surface area contributed by atoms with E-state index in [9.17, 15) is 13.5 Å². The Morgan fingerprint density at radius 2 is 2.16 bits per heavy atom. The molecule has 106 valence electrons. The number of hydrogen-bond donors (Lipinski definition) is 1. The summed E-state index contributed by atoms with van der Waals surface area (Å²) in [5.74, 6) is 0. The molecule has 1 aliphatic heterocycles. The highest BCUT2D eigenvalue weighted by atomic mass is 79.9. The van der Waals surface area contributed by atoms with E-state index in [1.807, 2.05) is 0 Å². The van der Waals surface area contributed by atoms with Crippen molar-refractivity contribution >= 4 is 37.6 Å². The molecule has 1 fully saturated rings. The van der Waals surface area contributed by atoms with Gasteiger partial charge in [0.1, 0.15) is 4.90 Å². The van der Waals surface area contributed by atoms with Crippen LogP contribution in [0.1, 0.15) is 19.8 Å². The molecular formula is C12H15BrClNO3S. The van der Waals surface area contributed by atoms with Gasteiger partial charge in [0.2, 0.25) is 10.0 Å². The minimum absolute atomic E-state index is 0.0788. The summed E-state index contributed by atoms with van der Waals surface area (Å²) in [6.07, 6.45) is 1.24. The first-order valence-electron chi connectivity index (χ1n) is 5.90. The van der Waals surface area contributed by atoms with Gasteiger partial charge in [0.15, 0.2) is 0 Å². The fourth-order valence-corrected chi connectivity index (χ4v) is 4.81. The maximum Gasteiger partial charge on any atom is 0.244 e. The molecule has 0 aromatic heterocycles. The first kappa shape index (κ1) is 15.3. The van der Waals surface area contributed by atoms with Gasteiger partial charge in [-0.1, -0.05) is 27.5 Å². The summed E-state index contributed by atoms with van der Waals surface area (Å²) in [6.45, 7) is 2.16. The number of hydrogen-bond acceptors (Lipinski definition) is 3. The van der Waals surface area contributed by atoms with Crippen molar-refractivity contribution in [2.45, 2.75) is 30.3 Å². The molecule has 0 aliphatic carbocycles. The summed E-state index contributed by atoms with van der Waals surface area (Å²) >= 11 is 9.25. The van der Waals surface area contributed by atoms with E-state index in [-0.39, 0.29) is 16.5 Å². The summed E-state index contributed by atoms with van der Waals surface area (Å²) in [5, 5.41) is 10.2. The lowest BCUT2D eigenvalue weighted by Gasteiger charge is -2.36. The number of sulfonamides is 1. The van der Waals surface area contributed by atoms with Crippen LogP contribution in [0.4, 0.5) is 0 Å². The molecule has 0 radical (unpaired) electrons. The zero-order chi connectivity index (χ0) is 14.3. The highest BCUT2D eigenvalue weighted by Gasteiger charge is 2.36. The molecule has 1 heterocycles. The van der Waals surface area contributed by atoms with Crippen LogP contribution in [-0.4, -0.2) is 36.5 Å². The molecule has 1 aliphatic rings. The van der Waals surface area contributed by atoms with Crippen molar-refractivity contribution in [2.24, 2.45) is 0 Å². The third-order valence-electron chi connectivity index (χ3n) is 3.15. The highest BCUT2D eigenvalue weighted by Crippen LogP contribution is 2.31. The molecule has 0 bridgehead atoms. The summed E-state index contributed by atoms with van der Waals surface area (Å²) < 4.78 is 27.1. The molecule has 0 amide bonds. The second-order valence-corrected chi connectivity index (χ2v) is 8.24. The Morgan fingerprint density at radius 3 is 2.74 bits per heavy atom. The van der Waals surface area contributed by atoms with Crippen LogP contribution in [0.3, 0.4) is 0 Å². The van der Waals surface area contributed by atoms with Gasteiger partial charge in [0, 0.05) is 17.6 Å². The van der Waals surface area contributed by atoms with E-state index in [2.05, 4.69) is 15.9 Å². The van der Waals surface area contributed by atoms with Crippen molar-refractivity contribution in [3.05, 3.63) is 27.7 Å². The van der Waals surface area contributed by atoms with E-state index >= 15 is 0 Å². The van der Waals surface area contributed by atoms with Crippen LogP contribution in [0.15, 0.2) is 27.6 Å². The van der Waals surface area contributed by atoms with E-state index < -0.39 is 15.6 Å². The van der Waals surface area contributed by atoms with E-state index in [1.54, 1.807) is 19.1 Å². The Labute approximate surface area is 126 Å². The van der Waals surface area contributed by atoms with Crippen LogP contribution in [-0.2, 0) is 10.0 Å². The number of rotatable bonds is 2. The monoisotopic (exact) mass is 367 g/mol. The Morgan fingerprint density at radius 1 is 1.47 bits per heavy atom. The van der Waals surface area contributed by atoms with Gasteiger partial charge in [0.05, 0.1) is 10.6 Å². The minimum Gasteiger partial charge on any atom is -0.389 e. The van der Waals surface area contributed by atoms with Gasteiger partial charge >= 0.3 is 0 Å². The lowest BCUT2D eigenvalue weighted by atomic mass is 9.97. The smallest absolute Gasteiger partial charge is 0.244 e. The highest BCUT2D eigenvalue weighted by molar-refractivity contribution is 9.10. The van der Waals surface area contributed by atoms with Crippen molar-refractivity contribution < 1.29 is 13.5 Å². The lowest BCUT2D eigenvalue weighted by Crippen LogP contribution is -2.48. The van der Waals surface area contributed by atoms with Crippen molar-refractivity contribution in [1.29, 1.82) is 0 Å². The van der Waals surface area contributed by atoms with Gasteiger partial charge in [-0.3, -0.25) is 0 Å². The van der Waals surface area contributed by atoms with E-state index in [1.165, 1.54) is 10.4 Å². The quantitative estimate of drug-likeness (QED) is 0.873. The maximum atomic E-state index is 12.5. The molecule has 0 saturated carbocycles. The molecule has 1 atom stereocenters. The molecule has 1 unspecified atom stereocenters. The average Bonchev–Trinajstić information content (AvgIpc) is 2.27. The Hall–Kier alpha value is -0.140. The first-order valence-corrected chi connectivity index (χ1v) is 8.51. The van der Waals surface area contributed by atoms with Crippen molar-refractivity contribution in [2.75, 3.05) is 13.1 Å². The topological polar surface area (TPSA) is 57.6 Å². The van der Waals surface area contributed by atoms with Gasteiger partial charge in [-0.05, 0) is 38.0 Å². The fourth-order valence-electron chi connectivity index (χ4n) is 2.20. The van der Waals surface area contributed by atoms with Crippen LogP contribution in [0.25, 0.3) is 0 Å². The number of halogens is 2. The van der Waals surface area contributed by atoms with Gasteiger partial charge < -0.3 is 5.11 Å². The Kier molecular flexibility index (Phi) is 4.28.